The fraction of sp³-hybridized carbons (Fsp3) is 0.389. The van der Waals surface area contributed by atoms with Gasteiger partial charge in [0, 0.05) is 29.3 Å². The third kappa shape index (κ3) is 3.81. The first-order valence-corrected chi connectivity index (χ1v) is 8.62. The molecule has 3 aromatic heterocycles. The first kappa shape index (κ1) is 18.6. The van der Waals surface area contributed by atoms with Gasteiger partial charge in [0.05, 0.1) is 11.4 Å². The Hall–Kier alpha value is -3.23. The van der Waals surface area contributed by atoms with Gasteiger partial charge in [-0.2, -0.15) is 9.78 Å². The quantitative estimate of drug-likeness (QED) is 0.709. The van der Waals surface area contributed by atoms with Crippen molar-refractivity contribution in [2.45, 2.75) is 47.5 Å². The number of aromatic nitrogens is 5. The molecule has 27 heavy (non-hydrogen) atoms. The van der Waals surface area contributed by atoms with Gasteiger partial charge in [-0.3, -0.25) is 14.6 Å². The molecule has 142 valence electrons. The molecule has 1 amide bonds. The fourth-order valence-corrected chi connectivity index (χ4v) is 2.78. The minimum Gasteiger partial charge on any atom is -0.361 e. The van der Waals surface area contributed by atoms with Crippen LogP contribution in [0.25, 0.3) is 5.95 Å². The topological polar surface area (TPSA) is 119 Å². The number of hydrogen-bond acceptors (Lipinski definition) is 6. The van der Waals surface area contributed by atoms with Crippen molar-refractivity contribution < 1.29 is 9.32 Å². The van der Waals surface area contributed by atoms with Crippen LogP contribution < -0.4 is 10.9 Å². The lowest BCUT2D eigenvalue weighted by Crippen LogP contribution is -2.21. The van der Waals surface area contributed by atoms with Crippen LogP contribution in [0, 0.1) is 34.6 Å². The van der Waals surface area contributed by atoms with E-state index in [0.29, 0.717) is 29.2 Å². The molecule has 3 aromatic rings. The van der Waals surface area contributed by atoms with Crippen molar-refractivity contribution in [2.75, 3.05) is 5.32 Å². The van der Waals surface area contributed by atoms with Gasteiger partial charge in [-0.05, 0) is 41.0 Å². The average Bonchev–Trinajstić information content (AvgIpc) is 3.12. The van der Waals surface area contributed by atoms with Gasteiger partial charge < -0.3 is 9.84 Å². The van der Waals surface area contributed by atoms with E-state index in [1.54, 1.807) is 26.8 Å². The largest absolute Gasteiger partial charge is 0.361 e. The maximum Gasteiger partial charge on any atom is 0.255 e. The van der Waals surface area contributed by atoms with E-state index in [2.05, 4.69) is 25.5 Å². The fourth-order valence-electron chi connectivity index (χ4n) is 2.78. The number of carbonyl (C=O) groups is 1. The number of rotatable bonds is 5. The molecule has 0 fully saturated rings. The molecule has 9 nitrogen and oxygen atoms in total. The van der Waals surface area contributed by atoms with Crippen molar-refractivity contribution in [3.63, 3.8) is 0 Å². The van der Waals surface area contributed by atoms with Crippen LogP contribution >= 0.6 is 0 Å². The van der Waals surface area contributed by atoms with E-state index in [0.717, 1.165) is 17.0 Å². The van der Waals surface area contributed by atoms with Gasteiger partial charge in [-0.1, -0.05) is 5.16 Å². The molecule has 0 atom stereocenters. The number of nitrogens with one attached hydrogen (secondary N) is 2. The number of hydrogen-bond donors (Lipinski definition) is 2. The Bertz CT molecular complexity index is 1040. The number of aryl methyl sites for hydroxylation is 4. The van der Waals surface area contributed by atoms with Crippen molar-refractivity contribution in [3.05, 3.63) is 50.4 Å². The molecule has 3 rings (SSSR count). The predicted molar refractivity (Wildman–Crippen MR) is 99.1 cm³/mol. The summed E-state index contributed by atoms with van der Waals surface area (Å²) in [5.41, 5.74) is 3.34. The maximum absolute atomic E-state index is 12.4. The molecule has 0 radical (unpaired) electrons. The Morgan fingerprint density at radius 3 is 2.59 bits per heavy atom. The normalized spacial score (nSPS) is 11.0. The average molecular weight is 370 g/mol. The first-order chi connectivity index (χ1) is 12.8. The third-order valence-corrected chi connectivity index (χ3v) is 4.47. The molecule has 3 heterocycles. The summed E-state index contributed by atoms with van der Waals surface area (Å²) in [4.78, 5) is 31.5. The van der Waals surface area contributed by atoms with Gasteiger partial charge in [0.1, 0.15) is 11.6 Å². The predicted octanol–water partition coefficient (Wildman–Crippen LogP) is 2.06. The van der Waals surface area contributed by atoms with Crippen LogP contribution in [0.4, 0.5) is 5.82 Å². The van der Waals surface area contributed by atoms with Crippen LogP contribution in [0.1, 0.15) is 40.4 Å². The highest BCUT2D eigenvalue weighted by Crippen LogP contribution is 2.17. The summed E-state index contributed by atoms with van der Waals surface area (Å²) < 4.78 is 6.55. The Kier molecular flexibility index (Phi) is 4.93. The molecule has 9 heteroatoms. The van der Waals surface area contributed by atoms with Gasteiger partial charge in [-0.25, -0.2) is 4.98 Å². The zero-order chi connectivity index (χ0) is 19.7. The zero-order valence-corrected chi connectivity index (χ0v) is 16.0. The summed E-state index contributed by atoms with van der Waals surface area (Å²) in [5, 5.41) is 11.1. The maximum atomic E-state index is 12.4. The van der Waals surface area contributed by atoms with Gasteiger partial charge in [-0.15, -0.1) is 0 Å². The smallest absolute Gasteiger partial charge is 0.255 e. The molecule has 0 saturated carbocycles. The van der Waals surface area contributed by atoms with Crippen LogP contribution in [0.5, 0.6) is 0 Å². The Labute approximate surface area is 155 Å². The number of amides is 1. The van der Waals surface area contributed by atoms with Crippen LogP contribution in [-0.4, -0.2) is 30.8 Å². The highest BCUT2D eigenvalue weighted by Gasteiger charge is 2.16. The van der Waals surface area contributed by atoms with Crippen LogP contribution in [-0.2, 0) is 11.2 Å². The standard InChI is InChI=1S/C18H22N6O3/c1-9-8-15(20-16(25)7-6-14-12(4)23-27-13(14)5)24(22-9)18-19-11(3)10(2)17(26)21-18/h8H,6-7H2,1-5H3,(H,20,25)(H,19,21,26). The van der Waals surface area contributed by atoms with E-state index in [9.17, 15) is 9.59 Å². The van der Waals surface area contributed by atoms with Crippen molar-refractivity contribution in [1.82, 2.24) is 24.9 Å². The van der Waals surface area contributed by atoms with Crippen molar-refractivity contribution >= 4 is 11.7 Å². The van der Waals surface area contributed by atoms with Crippen LogP contribution in [0.15, 0.2) is 15.4 Å². The highest BCUT2D eigenvalue weighted by molar-refractivity contribution is 5.90. The van der Waals surface area contributed by atoms with Gasteiger partial charge in [0.15, 0.2) is 0 Å². The van der Waals surface area contributed by atoms with E-state index in [1.807, 2.05) is 13.8 Å². The molecule has 0 unspecified atom stereocenters. The second-order valence-electron chi connectivity index (χ2n) is 6.53. The summed E-state index contributed by atoms with van der Waals surface area (Å²) in [5.74, 6) is 1.25. The molecule has 0 spiro atoms. The molecular weight excluding hydrogens is 348 g/mol. The van der Waals surface area contributed by atoms with E-state index in [4.69, 9.17) is 4.52 Å². The van der Waals surface area contributed by atoms with E-state index < -0.39 is 0 Å². The number of carbonyl (C=O) groups excluding carboxylic acids is 1. The third-order valence-electron chi connectivity index (χ3n) is 4.47. The lowest BCUT2D eigenvalue weighted by Gasteiger charge is -2.09. The lowest BCUT2D eigenvalue weighted by atomic mass is 10.1. The van der Waals surface area contributed by atoms with E-state index in [1.165, 1.54) is 4.68 Å². The van der Waals surface area contributed by atoms with Gasteiger partial charge in [0.25, 0.3) is 5.56 Å². The SMILES string of the molecule is Cc1cc(NC(=O)CCc2c(C)noc2C)n(-c2nc(C)c(C)c(=O)[nH]2)n1. The summed E-state index contributed by atoms with van der Waals surface area (Å²) >= 11 is 0. The minimum atomic E-state index is -0.235. The van der Waals surface area contributed by atoms with Crippen LogP contribution in [0.2, 0.25) is 0 Å². The molecule has 0 aliphatic rings. The molecule has 0 aromatic carbocycles. The van der Waals surface area contributed by atoms with Crippen molar-refractivity contribution in [1.29, 1.82) is 0 Å². The summed E-state index contributed by atoms with van der Waals surface area (Å²) in [7, 11) is 0. The molecule has 0 bridgehead atoms. The number of anilines is 1. The van der Waals surface area contributed by atoms with Gasteiger partial charge in [0.2, 0.25) is 11.9 Å². The van der Waals surface area contributed by atoms with E-state index >= 15 is 0 Å². The second kappa shape index (κ2) is 7.18. The molecule has 0 aliphatic carbocycles. The zero-order valence-electron chi connectivity index (χ0n) is 16.0. The summed E-state index contributed by atoms with van der Waals surface area (Å²) in [6, 6.07) is 1.73. The van der Waals surface area contributed by atoms with Gasteiger partial charge >= 0.3 is 0 Å². The van der Waals surface area contributed by atoms with Crippen molar-refractivity contribution in [3.8, 4) is 5.95 Å². The Morgan fingerprint density at radius 1 is 1.22 bits per heavy atom. The Balaban J connectivity index is 1.80. The van der Waals surface area contributed by atoms with E-state index in [-0.39, 0.29) is 23.8 Å². The summed E-state index contributed by atoms with van der Waals surface area (Å²) in [6.07, 6.45) is 0.794. The van der Waals surface area contributed by atoms with Crippen LogP contribution in [0.3, 0.4) is 0 Å². The molecule has 0 aliphatic heterocycles. The minimum absolute atomic E-state index is 0.178. The summed E-state index contributed by atoms with van der Waals surface area (Å²) in [6.45, 7) is 8.94. The molecule has 2 N–H and O–H groups in total. The number of aromatic amines is 1. The monoisotopic (exact) mass is 370 g/mol. The number of H-pyrrole nitrogens is 1. The van der Waals surface area contributed by atoms with Crippen molar-refractivity contribution in [2.24, 2.45) is 0 Å². The molecule has 0 saturated heterocycles. The second-order valence-corrected chi connectivity index (χ2v) is 6.53. The Morgan fingerprint density at radius 2 is 1.96 bits per heavy atom. The first-order valence-electron chi connectivity index (χ1n) is 8.62. The molecular formula is C18H22N6O3. The highest BCUT2D eigenvalue weighted by atomic mass is 16.5. The lowest BCUT2D eigenvalue weighted by molar-refractivity contribution is -0.116. The number of nitrogens with zero attached hydrogens (tertiary/aromatic N) is 4.